The van der Waals surface area contributed by atoms with E-state index in [2.05, 4.69) is 6.92 Å². The Morgan fingerprint density at radius 2 is 1.87 bits per heavy atom. The first-order chi connectivity index (χ1) is 7.16. The van der Waals surface area contributed by atoms with Gasteiger partial charge in [-0.05, 0) is 31.9 Å². The van der Waals surface area contributed by atoms with Crippen LogP contribution >= 0.6 is 0 Å². The highest BCUT2D eigenvalue weighted by atomic mass is 32.2. The lowest BCUT2D eigenvalue weighted by molar-refractivity contribution is 0.434. The molecule has 0 unspecified atom stereocenters. The molecule has 1 aromatic carbocycles. The summed E-state index contributed by atoms with van der Waals surface area (Å²) in [6, 6.07) is 8.71. The lowest BCUT2D eigenvalue weighted by Gasteiger charge is -2.19. The highest BCUT2D eigenvalue weighted by molar-refractivity contribution is 7.89. The van der Waals surface area contributed by atoms with Gasteiger partial charge in [0.25, 0.3) is 0 Å². The van der Waals surface area contributed by atoms with Gasteiger partial charge < -0.3 is 0 Å². The summed E-state index contributed by atoms with van der Waals surface area (Å²) in [7, 11) is -3.32. The molecule has 0 heterocycles. The summed E-state index contributed by atoms with van der Waals surface area (Å²) in [5, 5.41) is 0. The molecule has 0 spiro atoms. The Morgan fingerprint density at radius 3 is 2.33 bits per heavy atom. The second kappa shape index (κ2) is 3.94. The Labute approximate surface area is 90.8 Å². The van der Waals surface area contributed by atoms with Gasteiger partial charge in [0.1, 0.15) is 0 Å². The molecule has 81 valence electrons. The Hall–Kier alpha value is -0.870. The fourth-order valence-corrected chi connectivity index (χ4v) is 3.20. The van der Waals surface area contributed by atoms with Crippen molar-refractivity contribution in [3.8, 4) is 0 Å². The van der Waals surface area contributed by atoms with E-state index in [0.29, 0.717) is 11.4 Å². The molecular formula is C11H14NO2S. The minimum Gasteiger partial charge on any atom is -0.207 e. The van der Waals surface area contributed by atoms with E-state index in [4.69, 9.17) is 0 Å². The van der Waals surface area contributed by atoms with Crippen LogP contribution in [0.1, 0.15) is 12.8 Å². The third-order valence-electron chi connectivity index (χ3n) is 2.52. The van der Waals surface area contributed by atoms with Gasteiger partial charge in [-0.1, -0.05) is 18.2 Å². The molecule has 1 saturated carbocycles. The van der Waals surface area contributed by atoms with Crippen molar-refractivity contribution in [2.45, 2.75) is 23.8 Å². The second-order valence-corrected chi connectivity index (χ2v) is 5.55. The maximum absolute atomic E-state index is 12.1. The van der Waals surface area contributed by atoms with E-state index in [1.165, 1.54) is 4.31 Å². The first-order valence-electron chi connectivity index (χ1n) is 5.02. The maximum Gasteiger partial charge on any atom is 0.243 e. The van der Waals surface area contributed by atoms with Crippen molar-refractivity contribution in [3.05, 3.63) is 37.3 Å². The van der Waals surface area contributed by atoms with E-state index >= 15 is 0 Å². The van der Waals surface area contributed by atoms with Crippen LogP contribution in [0.5, 0.6) is 0 Å². The molecule has 1 aromatic rings. The number of hydrogen-bond donors (Lipinski definition) is 0. The van der Waals surface area contributed by atoms with Crippen molar-refractivity contribution >= 4 is 10.0 Å². The molecule has 1 aliphatic carbocycles. The average Bonchev–Trinajstić information content (AvgIpc) is 3.04. The van der Waals surface area contributed by atoms with Crippen LogP contribution in [-0.2, 0) is 10.0 Å². The average molecular weight is 224 g/mol. The fraction of sp³-hybridized carbons (Fsp3) is 0.364. The summed E-state index contributed by atoms with van der Waals surface area (Å²) >= 11 is 0. The Kier molecular flexibility index (Phi) is 2.80. The Balaban J connectivity index is 2.33. The number of benzene rings is 1. The molecule has 0 atom stereocenters. The minimum atomic E-state index is -3.32. The van der Waals surface area contributed by atoms with E-state index in [1.54, 1.807) is 24.3 Å². The molecule has 15 heavy (non-hydrogen) atoms. The second-order valence-electron chi connectivity index (χ2n) is 3.66. The van der Waals surface area contributed by atoms with Crippen LogP contribution in [0.15, 0.2) is 35.2 Å². The molecule has 0 N–H and O–H groups in total. The largest absolute Gasteiger partial charge is 0.243 e. The summed E-state index contributed by atoms with van der Waals surface area (Å²) in [5.74, 6) is 0. The van der Waals surface area contributed by atoms with E-state index in [-0.39, 0.29) is 6.04 Å². The lowest BCUT2D eigenvalue weighted by Crippen LogP contribution is -2.32. The molecule has 1 radical (unpaired) electrons. The van der Waals surface area contributed by atoms with Crippen molar-refractivity contribution in [3.63, 3.8) is 0 Å². The highest BCUT2D eigenvalue weighted by Crippen LogP contribution is 2.31. The lowest BCUT2D eigenvalue weighted by atomic mass is 10.4. The summed E-state index contributed by atoms with van der Waals surface area (Å²) < 4.78 is 25.8. The van der Waals surface area contributed by atoms with Gasteiger partial charge in [-0.2, -0.15) is 4.31 Å². The van der Waals surface area contributed by atoms with Gasteiger partial charge in [0.15, 0.2) is 0 Å². The molecule has 1 aliphatic rings. The zero-order valence-corrected chi connectivity index (χ0v) is 9.28. The van der Waals surface area contributed by atoms with Crippen molar-refractivity contribution in [2.75, 3.05) is 6.54 Å². The molecule has 0 bridgehead atoms. The van der Waals surface area contributed by atoms with Gasteiger partial charge >= 0.3 is 0 Å². The standard InChI is InChI=1S/C11H14NO2S/c1-2-12(10-8-9-10)15(13,14)11-6-4-3-5-7-11/h3-7,10H,1-2,8-9H2. The van der Waals surface area contributed by atoms with E-state index in [0.717, 1.165) is 12.8 Å². The Bertz CT molecular complexity index is 423. The first-order valence-corrected chi connectivity index (χ1v) is 6.46. The molecule has 2 rings (SSSR count). The molecule has 0 aliphatic heterocycles. The molecule has 3 nitrogen and oxygen atoms in total. The van der Waals surface area contributed by atoms with Crippen molar-refractivity contribution in [2.24, 2.45) is 0 Å². The van der Waals surface area contributed by atoms with Crippen LogP contribution in [-0.4, -0.2) is 25.3 Å². The predicted octanol–water partition coefficient (Wildman–Crippen LogP) is 1.67. The van der Waals surface area contributed by atoms with Crippen molar-refractivity contribution < 1.29 is 8.42 Å². The van der Waals surface area contributed by atoms with Crippen LogP contribution in [0, 0.1) is 6.92 Å². The van der Waals surface area contributed by atoms with E-state index in [9.17, 15) is 8.42 Å². The molecule has 1 fully saturated rings. The quantitative estimate of drug-likeness (QED) is 0.780. The summed E-state index contributed by atoms with van der Waals surface area (Å²) in [6.07, 6.45) is 1.92. The van der Waals surface area contributed by atoms with E-state index < -0.39 is 10.0 Å². The van der Waals surface area contributed by atoms with Crippen LogP contribution in [0.3, 0.4) is 0 Å². The Morgan fingerprint density at radius 1 is 1.27 bits per heavy atom. The molecule has 0 saturated heterocycles. The predicted molar refractivity (Wildman–Crippen MR) is 58.7 cm³/mol. The maximum atomic E-state index is 12.1. The molecule has 0 aromatic heterocycles. The SMILES string of the molecule is [CH2]CN(C1CC1)S(=O)(=O)c1ccccc1. The third-order valence-corrected chi connectivity index (χ3v) is 4.49. The van der Waals surface area contributed by atoms with Gasteiger partial charge in [-0.3, -0.25) is 0 Å². The first kappa shape index (κ1) is 10.6. The minimum absolute atomic E-state index is 0.174. The molecule has 4 heteroatoms. The fourth-order valence-electron chi connectivity index (χ4n) is 1.59. The van der Waals surface area contributed by atoms with Crippen LogP contribution in [0.25, 0.3) is 0 Å². The summed E-state index contributed by atoms with van der Waals surface area (Å²) in [5.41, 5.74) is 0. The topological polar surface area (TPSA) is 37.4 Å². The van der Waals surface area contributed by atoms with Gasteiger partial charge in [0.05, 0.1) is 4.90 Å². The van der Waals surface area contributed by atoms with Gasteiger partial charge in [0, 0.05) is 12.6 Å². The monoisotopic (exact) mass is 224 g/mol. The van der Waals surface area contributed by atoms with Gasteiger partial charge in [-0.15, -0.1) is 0 Å². The van der Waals surface area contributed by atoms with Crippen LogP contribution in [0.2, 0.25) is 0 Å². The van der Waals surface area contributed by atoms with Crippen molar-refractivity contribution in [1.29, 1.82) is 0 Å². The van der Waals surface area contributed by atoms with E-state index in [1.807, 2.05) is 6.07 Å². The smallest absolute Gasteiger partial charge is 0.207 e. The normalized spacial score (nSPS) is 16.9. The third kappa shape index (κ3) is 2.06. The summed E-state index contributed by atoms with van der Waals surface area (Å²) in [4.78, 5) is 0.362. The number of nitrogens with zero attached hydrogens (tertiary/aromatic N) is 1. The highest BCUT2D eigenvalue weighted by Gasteiger charge is 2.36. The molecule has 0 amide bonds. The zero-order chi connectivity index (χ0) is 10.9. The molecular weight excluding hydrogens is 210 g/mol. The number of sulfonamides is 1. The number of hydrogen-bond acceptors (Lipinski definition) is 2. The van der Waals surface area contributed by atoms with Crippen molar-refractivity contribution in [1.82, 2.24) is 4.31 Å². The van der Waals surface area contributed by atoms with Crippen LogP contribution < -0.4 is 0 Å². The zero-order valence-electron chi connectivity index (χ0n) is 8.46. The summed E-state index contributed by atoms with van der Waals surface area (Å²) in [6.45, 7) is 3.99. The van der Waals surface area contributed by atoms with Gasteiger partial charge in [0.2, 0.25) is 10.0 Å². The van der Waals surface area contributed by atoms with Crippen LogP contribution in [0.4, 0.5) is 0 Å². The number of rotatable bonds is 4. The van der Waals surface area contributed by atoms with Gasteiger partial charge in [-0.25, -0.2) is 8.42 Å².